The number of amidine groups is 1. The van der Waals surface area contributed by atoms with E-state index in [1.807, 2.05) is 63.1 Å². The number of benzene rings is 1. The van der Waals surface area contributed by atoms with Crippen LogP contribution in [0, 0.1) is 17.8 Å². The third-order valence-corrected chi connectivity index (χ3v) is 13.1. The van der Waals surface area contributed by atoms with Crippen molar-refractivity contribution >= 4 is 17.7 Å². The van der Waals surface area contributed by atoms with E-state index in [4.69, 9.17) is 38.2 Å². The Hall–Kier alpha value is -2.44. The molecule has 4 heterocycles. The number of fused-ring (bicyclic) bond motifs is 1. The highest BCUT2D eigenvalue weighted by Gasteiger charge is 2.54. The summed E-state index contributed by atoms with van der Waals surface area (Å²) < 4.78 is 44.9. The number of hydrogen-bond acceptors (Lipinski definition) is 14. The number of nitrogens with one attached hydrogen (secondary N) is 1. The summed E-state index contributed by atoms with van der Waals surface area (Å²) in [6, 6.07) is 9.23. The van der Waals surface area contributed by atoms with Crippen molar-refractivity contribution in [2.24, 2.45) is 22.7 Å². The van der Waals surface area contributed by atoms with Crippen molar-refractivity contribution < 1.29 is 58.4 Å². The summed E-state index contributed by atoms with van der Waals surface area (Å²) >= 11 is 0. The molecule has 15 heteroatoms. The maximum Gasteiger partial charge on any atom is 0.311 e. The second-order valence-electron chi connectivity index (χ2n) is 18.2. The first-order valence-corrected chi connectivity index (χ1v) is 21.1. The third kappa shape index (κ3) is 10.0. The van der Waals surface area contributed by atoms with Crippen LogP contribution in [0.1, 0.15) is 94.9 Å². The average molecular weight is 822 g/mol. The van der Waals surface area contributed by atoms with Crippen molar-refractivity contribution in [3.63, 3.8) is 0 Å². The second-order valence-corrected chi connectivity index (χ2v) is 18.2. The van der Waals surface area contributed by atoms with Gasteiger partial charge in [-0.1, -0.05) is 39.0 Å². The normalized spacial score (nSPS) is 46.8. The maximum absolute atomic E-state index is 14.3. The number of rotatable bonds is 7. The van der Waals surface area contributed by atoms with Crippen molar-refractivity contribution in [3.8, 4) is 0 Å². The zero-order chi connectivity index (χ0) is 42.9. The Bertz CT molecular complexity index is 1530. The highest BCUT2D eigenvalue weighted by atomic mass is 16.7. The molecular weight excluding hydrogens is 750 g/mol. The lowest BCUT2D eigenvalue weighted by Crippen LogP contribution is -2.60. The fourth-order valence-electron chi connectivity index (χ4n) is 9.41. The minimum absolute atomic E-state index is 0.137. The fraction of sp³-hybridized carbons (Fsp3) is 0.814. The van der Waals surface area contributed by atoms with E-state index in [0.29, 0.717) is 19.0 Å². The van der Waals surface area contributed by atoms with E-state index in [1.165, 1.54) is 14.0 Å². The van der Waals surface area contributed by atoms with Gasteiger partial charge in [-0.25, -0.2) is 0 Å². The molecule has 0 bridgehead atoms. The smallest absolute Gasteiger partial charge is 0.311 e. The van der Waals surface area contributed by atoms with E-state index in [0.717, 1.165) is 5.69 Å². The van der Waals surface area contributed by atoms with Crippen molar-refractivity contribution in [3.05, 3.63) is 30.3 Å². The molecule has 5 rings (SSSR count). The van der Waals surface area contributed by atoms with Gasteiger partial charge in [-0.3, -0.25) is 4.79 Å². The highest BCUT2D eigenvalue weighted by Crippen LogP contribution is 2.41. The number of methoxy groups -OCH3 is 1. The summed E-state index contributed by atoms with van der Waals surface area (Å²) in [4.78, 5) is 21.1. The first kappa shape index (κ1) is 46.6. The monoisotopic (exact) mass is 822 g/mol. The van der Waals surface area contributed by atoms with Gasteiger partial charge in [0.1, 0.15) is 23.9 Å². The summed E-state index contributed by atoms with van der Waals surface area (Å²) in [5.74, 6) is -2.57. The van der Waals surface area contributed by atoms with Gasteiger partial charge in [-0.2, -0.15) is 4.99 Å². The number of esters is 1. The lowest BCUT2D eigenvalue weighted by atomic mass is 9.77. The van der Waals surface area contributed by atoms with Gasteiger partial charge in [0, 0.05) is 32.5 Å². The molecule has 0 radical (unpaired) electrons. The van der Waals surface area contributed by atoms with Gasteiger partial charge < -0.3 is 63.8 Å². The molecule has 4 fully saturated rings. The van der Waals surface area contributed by atoms with Gasteiger partial charge in [0.05, 0.1) is 53.3 Å². The number of ether oxygens (including phenoxy) is 7. The largest absolute Gasteiger partial charge is 0.459 e. The third-order valence-electron chi connectivity index (χ3n) is 13.1. The van der Waals surface area contributed by atoms with Crippen LogP contribution < -0.4 is 5.32 Å². The zero-order valence-electron chi connectivity index (χ0n) is 36.5. The van der Waals surface area contributed by atoms with E-state index >= 15 is 0 Å². The number of cyclic esters (lactones) is 1. The molecule has 0 unspecified atom stereocenters. The standard InChI is InChI=1S/C43H71N3O12/c1-13-31-43(10,51)35(47)27(6)44-22-23(2)20-41(8,50)37(25(4)33(26(5)38(49)55-31)56-32-21-42(9,52-12)36(48)28(7)54-32)58-39-34-30(19-24(3)53-39)46(11)40(57-34)45-29-17-15-14-16-18-29/h14-18,23-28,30-37,39,44,47-48,50-51H,13,19-22H2,1-12H3/t23-,24-,25+,26-,27-,28+,30+,31-,32+,33+,34-,35-,36+,37-,39+,41-,42-,43-/m1/s1. The van der Waals surface area contributed by atoms with E-state index < -0.39 is 96.0 Å². The number of nitrogens with zero attached hydrogens (tertiary/aromatic N) is 2. The Balaban J connectivity index is 1.56. The van der Waals surface area contributed by atoms with Gasteiger partial charge in [-0.05, 0) is 92.3 Å². The molecule has 0 aliphatic carbocycles. The molecule has 0 amide bonds. The van der Waals surface area contributed by atoms with Crippen molar-refractivity contribution in [2.45, 2.75) is 185 Å². The zero-order valence-corrected chi connectivity index (χ0v) is 36.5. The summed E-state index contributed by atoms with van der Waals surface area (Å²) in [7, 11) is 3.45. The molecule has 0 saturated carbocycles. The minimum atomic E-state index is -1.81. The molecule has 4 saturated heterocycles. The molecule has 58 heavy (non-hydrogen) atoms. The lowest BCUT2D eigenvalue weighted by molar-refractivity contribution is -0.313. The topological polar surface area (TPSA) is 190 Å². The van der Waals surface area contributed by atoms with Crippen molar-refractivity contribution in [1.29, 1.82) is 0 Å². The van der Waals surface area contributed by atoms with Crippen molar-refractivity contribution in [1.82, 2.24) is 10.2 Å². The molecule has 18 atom stereocenters. The number of para-hydroxylation sites is 1. The van der Waals surface area contributed by atoms with Crippen LogP contribution in [0.5, 0.6) is 0 Å². The number of aliphatic imine (C=N–C) groups is 1. The lowest BCUT2D eigenvalue weighted by Gasteiger charge is -2.48. The molecule has 4 aliphatic heterocycles. The summed E-state index contributed by atoms with van der Waals surface area (Å²) in [5.41, 5.74) is -3.64. The SMILES string of the molecule is CC[C@H]1OC(=O)[C@H](C)[C@@H](O[C@H]2C[C@@](C)(OC)[C@@H](O)[C@H](C)O2)[C@H](C)[C@@H](O[C@@H]2O[C@H](C)C[C@H]3[C@H]2OC(=Nc2ccccc2)N3C)[C@](C)(O)C[C@@H](C)CN[C@H](C)[C@@H](O)[C@]1(C)O. The summed E-state index contributed by atoms with van der Waals surface area (Å²) in [6.07, 6.45) is -7.50. The maximum atomic E-state index is 14.3. The Labute approximate surface area is 344 Å². The quantitative estimate of drug-likeness (QED) is 0.251. The molecule has 15 nitrogen and oxygen atoms in total. The van der Waals surface area contributed by atoms with Crippen molar-refractivity contribution in [2.75, 3.05) is 20.7 Å². The van der Waals surface area contributed by atoms with Gasteiger partial charge in [-0.15, -0.1) is 0 Å². The second kappa shape index (κ2) is 18.7. The Morgan fingerprint density at radius 1 is 0.948 bits per heavy atom. The molecular formula is C43H71N3O12. The molecule has 4 aliphatic rings. The predicted octanol–water partition coefficient (Wildman–Crippen LogP) is 3.65. The number of carbonyl (C=O) groups is 1. The molecule has 0 aromatic heterocycles. The number of hydrogen-bond donors (Lipinski definition) is 5. The fourth-order valence-corrected chi connectivity index (χ4v) is 9.41. The molecule has 1 aromatic carbocycles. The average Bonchev–Trinajstić information content (AvgIpc) is 3.48. The summed E-state index contributed by atoms with van der Waals surface area (Å²) in [5, 5.41) is 50.1. The van der Waals surface area contributed by atoms with Gasteiger partial charge in [0.25, 0.3) is 6.02 Å². The van der Waals surface area contributed by atoms with Gasteiger partial charge >= 0.3 is 5.97 Å². The van der Waals surface area contributed by atoms with Crippen LogP contribution in [0.25, 0.3) is 0 Å². The molecule has 1 aromatic rings. The van der Waals surface area contributed by atoms with Gasteiger partial charge in [0.2, 0.25) is 0 Å². The van der Waals surface area contributed by atoms with E-state index in [1.54, 1.807) is 41.5 Å². The van der Waals surface area contributed by atoms with E-state index in [2.05, 4.69) is 5.32 Å². The summed E-state index contributed by atoms with van der Waals surface area (Å²) in [6.45, 7) is 18.1. The van der Waals surface area contributed by atoms with Crippen LogP contribution in [0.4, 0.5) is 5.69 Å². The van der Waals surface area contributed by atoms with Crippen LogP contribution >= 0.6 is 0 Å². The van der Waals surface area contributed by atoms with Gasteiger partial charge in [0.15, 0.2) is 18.7 Å². The number of carbonyl (C=O) groups excluding carboxylic acids is 1. The molecule has 330 valence electrons. The molecule has 0 spiro atoms. The van der Waals surface area contributed by atoms with Crippen LogP contribution in [0.15, 0.2) is 35.3 Å². The number of likely N-dealkylation sites (N-methyl/N-ethyl adjacent to an activating group) is 1. The Kier molecular flexibility index (Phi) is 15.0. The first-order valence-electron chi connectivity index (χ1n) is 21.1. The van der Waals surface area contributed by atoms with E-state index in [9.17, 15) is 25.2 Å². The van der Waals surface area contributed by atoms with Crippen LogP contribution in [0.2, 0.25) is 0 Å². The molecule has 5 N–H and O–H groups in total. The minimum Gasteiger partial charge on any atom is -0.459 e. The number of aliphatic hydroxyl groups is 4. The van der Waals surface area contributed by atoms with Crippen LogP contribution in [0.3, 0.4) is 0 Å². The number of aliphatic hydroxyl groups excluding tert-OH is 2. The van der Waals surface area contributed by atoms with Crippen LogP contribution in [-0.2, 0) is 38.0 Å². The predicted molar refractivity (Wildman–Crippen MR) is 216 cm³/mol. The first-order chi connectivity index (χ1) is 27.1. The van der Waals surface area contributed by atoms with E-state index in [-0.39, 0.29) is 37.3 Å². The highest BCUT2D eigenvalue weighted by molar-refractivity contribution is 5.79. The Morgan fingerprint density at radius 3 is 2.26 bits per heavy atom. The van der Waals surface area contributed by atoms with Crippen LogP contribution in [-0.4, -0.2) is 148 Å². The Morgan fingerprint density at radius 2 is 1.62 bits per heavy atom.